The third-order valence-electron chi connectivity index (χ3n) is 6.63. The molecular weight excluding hydrogens is 542 g/mol. The Morgan fingerprint density at radius 1 is 0.878 bits per heavy atom. The summed E-state index contributed by atoms with van der Waals surface area (Å²) in [6.45, 7) is 0.322. The zero-order valence-corrected chi connectivity index (χ0v) is 23.1. The number of hydrogen-bond acceptors (Lipinski definition) is 6. The number of fused-ring (bicyclic) bond motifs is 1. The number of para-hydroxylation sites is 2. The van der Waals surface area contributed by atoms with Crippen LogP contribution in [0.5, 0.6) is 11.5 Å². The average Bonchev–Trinajstić information content (AvgIpc) is 3.02. The molecule has 5 rings (SSSR count). The number of amides is 2. The Morgan fingerprint density at radius 3 is 2.20 bits per heavy atom. The predicted octanol–water partition coefficient (Wildman–Crippen LogP) is 3.90. The molecule has 0 radical (unpaired) electrons. The van der Waals surface area contributed by atoms with Crippen LogP contribution in [0.1, 0.15) is 21.5 Å². The van der Waals surface area contributed by atoms with Gasteiger partial charge in [0, 0.05) is 18.7 Å². The van der Waals surface area contributed by atoms with E-state index in [2.05, 4.69) is 10.0 Å². The average molecular weight is 572 g/mol. The largest absolute Gasteiger partial charge is 0.495 e. The molecule has 9 nitrogen and oxygen atoms in total. The minimum atomic E-state index is -4.04. The number of hydrogen-bond donors (Lipinski definition) is 2. The van der Waals surface area contributed by atoms with Gasteiger partial charge in [0.2, 0.25) is 10.0 Å². The lowest BCUT2D eigenvalue weighted by Gasteiger charge is -2.34. The van der Waals surface area contributed by atoms with E-state index < -0.39 is 22.0 Å². The van der Waals surface area contributed by atoms with E-state index >= 15 is 0 Å². The van der Waals surface area contributed by atoms with Crippen LogP contribution in [0.2, 0.25) is 0 Å². The van der Waals surface area contributed by atoms with E-state index in [-0.39, 0.29) is 35.2 Å². The van der Waals surface area contributed by atoms with E-state index in [0.29, 0.717) is 18.0 Å². The lowest BCUT2D eigenvalue weighted by atomic mass is 10.1. The topological polar surface area (TPSA) is 114 Å². The number of sulfonamides is 1. The molecule has 1 aliphatic heterocycles. The maximum absolute atomic E-state index is 13.9. The first kappa shape index (κ1) is 27.9. The van der Waals surface area contributed by atoms with E-state index in [9.17, 15) is 18.0 Å². The maximum Gasteiger partial charge on any atom is 0.263 e. The lowest BCUT2D eigenvalue weighted by Crippen LogP contribution is -2.50. The first-order valence-electron chi connectivity index (χ1n) is 13.0. The minimum absolute atomic E-state index is 0.0587. The highest BCUT2D eigenvalue weighted by Gasteiger charge is 2.35. The molecule has 0 aromatic heterocycles. The van der Waals surface area contributed by atoms with Crippen LogP contribution in [-0.2, 0) is 27.9 Å². The van der Waals surface area contributed by atoms with Crippen LogP contribution in [0.3, 0.4) is 0 Å². The van der Waals surface area contributed by atoms with E-state index in [4.69, 9.17) is 9.47 Å². The zero-order valence-electron chi connectivity index (χ0n) is 22.3. The summed E-state index contributed by atoms with van der Waals surface area (Å²) >= 11 is 0. The molecule has 0 bridgehead atoms. The number of carbonyl (C=O) groups is 2. The molecule has 1 aliphatic rings. The number of methoxy groups -OCH3 is 1. The van der Waals surface area contributed by atoms with Gasteiger partial charge in [-0.1, -0.05) is 72.8 Å². The van der Waals surface area contributed by atoms with Gasteiger partial charge in [0.05, 0.1) is 19.3 Å². The van der Waals surface area contributed by atoms with Gasteiger partial charge in [0.15, 0.2) is 6.10 Å². The van der Waals surface area contributed by atoms with E-state index in [1.165, 1.54) is 30.2 Å². The lowest BCUT2D eigenvalue weighted by molar-refractivity contribution is -0.128. The van der Waals surface area contributed by atoms with Gasteiger partial charge in [-0.15, -0.1) is 0 Å². The third-order valence-corrected chi connectivity index (χ3v) is 8.05. The molecule has 4 aromatic carbocycles. The first-order chi connectivity index (χ1) is 19.9. The molecule has 0 spiro atoms. The van der Waals surface area contributed by atoms with Crippen molar-refractivity contribution in [3.05, 3.63) is 120 Å². The van der Waals surface area contributed by atoms with Gasteiger partial charge >= 0.3 is 0 Å². The molecule has 1 heterocycles. The first-order valence-corrected chi connectivity index (χ1v) is 14.4. The second kappa shape index (κ2) is 12.2. The van der Waals surface area contributed by atoms with Crippen molar-refractivity contribution in [3.63, 3.8) is 0 Å². The number of nitrogens with one attached hydrogen (secondary N) is 2. The second-order valence-electron chi connectivity index (χ2n) is 9.37. The van der Waals surface area contributed by atoms with E-state index in [1.807, 2.05) is 60.7 Å². The molecule has 2 amide bonds. The summed E-state index contributed by atoms with van der Waals surface area (Å²) < 4.78 is 40.4. The van der Waals surface area contributed by atoms with Gasteiger partial charge in [0.25, 0.3) is 11.8 Å². The molecule has 0 saturated carbocycles. The second-order valence-corrected chi connectivity index (χ2v) is 11.1. The molecule has 4 aromatic rings. The van der Waals surface area contributed by atoms with Crippen LogP contribution in [0.15, 0.2) is 108 Å². The summed E-state index contributed by atoms with van der Waals surface area (Å²) in [4.78, 5) is 28.2. The number of carbonyl (C=O) groups excluding carboxylic acids is 2. The number of ether oxygens (including phenoxy) is 2. The molecule has 1 atom stereocenters. The van der Waals surface area contributed by atoms with Gasteiger partial charge in [-0.2, -0.15) is 0 Å². The monoisotopic (exact) mass is 571 g/mol. The summed E-state index contributed by atoms with van der Waals surface area (Å²) in [6.07, 6.45) is -0.966. The fourth-order valence-corrected chi connectivity index (χ4v) is 5.70. The standard InChI is InChI=1S/C31H29N3O6S/c1-39-27-17-16-24(18-29(27)41(37,38)33-20-23-12-6-3-7-13-23)31(36)34-21-28(40-26-15-9-8-14-25(26)34)30(35)32-19-22-10-4-2-5-11-22/h2-18,28,33H,19-21H2,1H3,(H,32,35). The van der Waals surface area contributed by atoms with Gasteiger partial charge in [-0.25, -0.2) is 13.1 Å². The number of rotatable bonds is 9. The predicted molar refractivity (Wildman–Crippen MR) is 154 cm³/mol. The molecule has 210 valence electrons. The van der Waals surface area contributed by atoms with Crippen molar-refractivity contribution in [1.29, 1.82) is 0 Å². The summed E-state index contributed by atoms with van der Waals surface area (Å²) in [5, 5.41) is 2.86. The minimum Gasteiger partial charge on any atom is -0.495 e. The Kier molecular flexibility index (Phi) is 8.32. The molecular formula is C31H29N3O6S. The Labute approximate surface area is 238 Å². The van der Waals surface area contributed by atoms with Crippen LogP contribution >= 0.6 is 0 Å². The van der Waals surface area contributed by atoms with Crippen molar-refractivity contribution in [3.8, 4) is 11.5 Å². The Morgan fingerprint density at radius 2 is 1.51 bits per heavy atom. The number of nitrogens with zero attached hydrogens (tertiary/aromatic N) is 1. The van der Waals surface area contributed by atoms with Crippen molar-refractivity contribution in [2.75, 3.05) is 18.6 Å². The molecule has 0 saturated heterocycles. The number of anilines is 1. The molecule has 0 aliphatic carbocycles. The van der Waals surface area contributed by atoms with Crippen molar-refractivity contribution in [1.82, 2.24) is 10.0 Å². The highest BCUT2D eigenvalue weighted by Crippen LogP contribution is 2.35. The van der Waals surface area contributed by atoms with Gasteiger partial charge in [0.1, 0.15) is 16.4 Å². The quantitative estimate of drug-likeness (QED) is 0.315. The number of benzene rings is 4. The van der Waals surface area contributed by atoms with Gasteiger partial charge in [-0.3, -0.25) is 9.59 Å². The van der Waals surface area contributed by atoms with Crippen LogP contribution < -0.4 is 24.4 Å². The summed E-state index contributed by atoms with van der Waals surface area (Å²) in [5.41, 5.74) is 2.31. The van der Waals surface area contributed by atoms with Crippen molar-refractivity contribution < 1.29 is 27.5 Å². The van der Waals surface area contributed by atoms with Crippen molar-refractivity contribution >= 4 is 27.5 Å². The molecule has 10 heteroatoms. The fraction of sp³-hybridized carbons (Fsp3) is 0.161. The van der Waals surface area contributed by atoms with E-state index in [0.717, 1.165) is 11.1 Å². The van der Waals surface area contributed by atoms with Gasteiger partial charge in [-0.05, 0) is 41.5 Å². The molecule has 0 fully saturated rings. The van der Waals surface area contributed by atoms with Crippen LogP contribution in [0.4, 0.5) is 5.69 Å². The fourth-order valence-electron chi connectivity index (χ4n) is 4.49. The molecule has 41 heavy (non-hydrogen) atoms. The summed E-state index contributed by atoms with van der Waals surface area (Å²) in [6, 6.07) is 29.7. The Balaban J connectivity index is 1.39. The normalized spacial score (nSPS) is 14.5. The Bertz CT molecular complexity index is 1650. The highest BCUT2D eigenvalue weighted by molar-refractivity contribution is 7.89. The van der Waals surface area contributed by atoms with E-state index in [1.54, 1.807) is 24.3 Å². The SMILES string of the molecule is COc1ccc(C(=O)N2CC(C(=O)NCc3ccccc3)Oc3ccccc32)cc1S(=O)(=O)NCc1ccccc1. The Hall–Kier alpha value is -4.67. The highest BCUT2D eigenvalue weighted by atomic mass is 32.2. The van der Waals surface area contributed by atoms with Crippen LogP contribution in [0, 0.1) is 0 Å². The van der Waals surface area contributed by atoms with Crippen molar-refractivity contribution in [2.45, 2.75) is 24.1 Å². The summed E-state index contributed by atoms with van der Waals surface area (Å²) in [5.74, 6) is -0.381. The van der Waals surface area contributed by atoms with Crippen LogP contribution in [-0.4, -0.2) is 40.0 Å². The van der Waals surface area contributed by atoms with Gasteiger partial charge < -0.3 is 19.7 Å². The smallest absolute Gasteiger partial charge is 0.263 e. The van der Waals surface area contributed by atoms with Crippen molar-refractivity contribution in [2.24, 2.45) is 0 Å². The summed E-state index contributed by atoms with van der Waals surface area (Å²) in [7, 11) is -2.68. The maximum atomic E-state index is 13.9. The molecule has 2 N–H and O–H groups in total. The molecule has 1 unspecified atom stereocenters. The third kappa shape index (κ3) is 6.40. The van der Waals surface area contributed by atoms with Crippen LogP contribution in [0.25, 0.3) is 0 Å². The zero-order chi connectivity index (χ0) is 28.8.